The van der Waals surface area contributed by atoms with Gasteiger partial charge in [0.15, 0.2) is 11.5 Å². The lowest BCUT2D eigenvalue weighted by atomic mass is 10.2. The van der Waals surface area contributed by atoms with Crippen LogP contribution in [0.15, 0.2) is 36.4 Å². The van der Waals surface area contributed by atoms with Crippen molar-refractivity contribution in [2.24, 2.45) is 0 Å². The molecule has 1 aromatic carbocycles. The molecule has 0 aliphatic rings. The Morgan fingerprint density at radius 2 is 2.00 bits per heavy atom. The van der Waals surface area contributed by atoms with Crippen LogP contribution in [0, 0.1) is 0 Å². The maximum atomic E-state index is 11.7. The van der Waals surface area contributed by atoms with E-state index in [0.717, 1.165) is 5.56 Å². The van der Waals surface area contributed by atoms with E-state index in [1.165, 1.54) is 7.11 Å². The van der Waals surface area contributed by atoms with E-state index in [0.29, 0.717) is 18.8 Å². The normalized spacial score (nSPS) is 11.2. The molecule has 0 saturated heterocycles. The summed E-state index contributed by atoms with van der Waals surface area (Å²) in [4.78, 5) is 13.5. The molecule has 0 unspecified atom stereocenters. The second-order valence-corrected chi connectivity index (χ2v) is 4.16. The maximum Gasteiger partial charge on any atom is 0.246 e. The van der Waals surface area contributed by atoms with Crippen LogP contribution in [0.3, 0.4) is 0 Å². The Labute approximate surface area is 120 Å². The number of aromatic hydroxyl groups is 1. The number of phenolic OH excluding ortho intramolecular Hbond substituents is 1. The molecule has 0 heterocycles. The van der Waals surface area contributed by atoms with Crippen molar-refractivity contribution in [2.75, 3.05) is 20.2 Å². The van der Waals surface area contributed by atoms with Gasteiger partial charge in [0.25, 0.3) is 0 Å². The van der Waals surface area contributed by atoms with Gasteiger partial charge in [-0.1, -0.05) is 24.3 Å². The van der Waals surface area contributed by atoms with E-state index < -0.39 is 0 Å². The van der Waals surface area contributed by atoms with Gasteiger partial charge in [-0.15, -0.1) is 0 Å². The van der Waals surface area contributed by atoms with Crippen LogP contribution < -0.4 is 4.74 Å². The SMILES string of the molecule is CCN(CC)C(=O)/C=C/C=C/c1ccc(O)c(OC)c1. The van der Waals surface area contributed by atoms with E-state index in [4.69, 9.17) is 4.74 Å². The predicted octanol–water partition coefficient (Wildman–Crippen LogP) is 2.84. The van der Waals surface area contributed by atoms with E-state index in [-0.39, 0.29) is 11.7 Å². The third-order valence-electron chi connectivity index (χ3n) is 2.92. The summed E-state index contributed by atoms with van der Waals surface area (Å²) < 4.78 is 5.03. The quantitative estimate of drug-likeness (QED) is 0.641. The van der Waals surface area contributed by atoms with E-state index in [1.807, 2.05) is 19.9 Å². The number of hydrogen-bond donors (Lipinski definition) is 1. The molecule has 1 aromatic rings. The van der Waals surface area contributed by atoms with Gasteiger partial charge < -0.3 is 14.7 Å². The predicted molar refractivity (Wildman–Crippen MR) is 80.8 cm³/mol. The van der Waals surface area contributed by atoms with Crippen molar-refractivity contribution in [3.63, 3.8) is 0 Å². The number of allylic oxidation sites excluding steroid dienone is 2. The highest BCUT2D eigenvalue weighted by atomic mass is 16.5. The Kier molecular flexibility index (Phi) is 6.37. The lowest BCUT2D eigenvalue weighted by molar-refractivity contribution is -0.125. The molecule has 1 rings (SSSR count). The molecule has 1 N–H and O–H groups in total. The monoisotopic (exact) mass is 275 g/mol. The van der Waals surface area contributed by atoms with Crippen molar-refractivity contribution in [1.82, 2.24) is 4.90 Å². The summed E-state index contributed by atoms with van der Waals surface area (Å²) in [6.45, 7) is 5.32. The molecule has 1 amide bonds. The van der Waals surface area contributed by atoms with Gasteiger partial charge in [-0.05, 0) is 31.5 Å². The molecular weight excluding hydrogens is 254 g/mol. The van der Waals surface area contributed by atoms with E-state index >= 15 is 0 Å². The van der Waals surface area contributed by atoms with Gasteiger partial charge in [-0.25, -0.2) is 0 Å². The van der Waals surface area contributed by atoms with Gasteiger partial charge in [0.2, 0.25) is 5.91 Å². The molecule has 0 aromatic heterocycles. The highest BCUT2D eigenvalue weighted by molar-refractivity contribution is 5.88. The molecule has 108 valence electrons. The first-order valence-electron chi connectivity index (χ1n) is 6.63. The number of amides is 1. The average Bonchev–Trinajstić information content (AvgIpc) is 2.46. The first kappa shape index (κ1) is 15.8. The number of methoxy groups -OCH3 is 1. The Morgan fingerprint density at radius 1 is 1.30 bits per heavy atom. The molecule has 4 nitrogen and oxygen atoms in total. The minimum atomic E-state index is 0.00272. The van der Waals surface area contributed by atoms with Crippen LogP contribution in [0.2, 0.25) is 0 Å². The molecule has 0 aliphatic carbocycles. The Bertz CT molecular complexity index is 502. The molecule has 0 bridgehead atoms. The Morgan fingerprint density at radius 3 is 2.60 bits per heavy atom. The number of likely N-dealkylation sites (N-methyl/N-ethyl adjacent to an activating group) is 1. The molecular formula is C16H21NO3. The maximum absolute atomic E-state index is 11.7. The van der Waals surface area contributed by atoms with E-state index in [1.54, 1.807) is 41.3 Å². The van der Waals surface area contributed by atoms with Gasteiger partial charge in [-0.3, -0.25) is 4.79 Å². The van der Waals surface area contributed by atoms with E-state index in [9.17, 15) is 9.90 Å². The molecule has 0 atom stereocenters. The summed E-state index contributed by atoms with van der Waals surface area (Å²) >= 11 is 0. The molecule has 0 aliphatic heterocycles. The summed E-state index contributed by atoms with van der Waals surface area (Å²) in [6, 6.07) is 5.07. The number of carbonyl (C=O) groups is 1. The zero-order chi connectivity index (χ0) is 15.0. The van der Waals surface area contributed by atoms with Gasteiger partial charge in [-0.2, -0.15) is 0 Å². The standard InChI is InChI=1S/C16H21NO3/c1-4-17(5-2)16(19)9-7-6-8-13-10-11-14(18)15(12-13)20-3/h6-12,18H,4-5H2,1-3H3/b8-6+,9-7+. The largest absolute Gasteiger partial charge is 0.504 e. The fourth-order valence-electron chi connectivity index (χ4n) is 1.74. The van der Waals surface area contributed by atoms with Gasteiger partial charge in [0.05, 0.1) is 7.11 Å². The lowest BCUT2D eigenvalue weighted by Crippen LogP contribution is -2.28. The summed E-state index contributed by atoms with van der Waals surface area (Å²) in [7, 11) is 1.51. The van der Waals surface area contributed by atoms with E-state index in [2.05, 4.69) is 0 Å². The van der Waals surface area contributed by atoms with Crippen LogP contribution in [-0.2, 0) is 4.79 Å². The van der Waals surface area contributed by atoms with Crippen LogP contribution >= 0.6 is 0 Å². The molecule has 0 radical (unpaired) electrons. The molecule has 0 fully saturated rings. The van der Waals surface area contributed by atoms with Gasteiger partial charge in [0.1, 0.15) is 0 Å². The van der Waals surface area contributed by atoms with Crippen molar-refractivity contribution >= 4 is 12.0 Å². The van der Waals surface area contributed by atoms with Gasteiger partial charge >= 0.3 is 0 Å². The molecule has 4 heteroatoms. The number of ether oxygens (including phenoxy) is 1. The second-order valence-electron chi connectivity index (χ2n) is 4.16. The number of carbonyl (C=O) groups excluding carboxylic acids is 1. The Balaban J connectivity index is 2.67. The third-order valence-corrected chi connectivity index (χ3v) is 2.92. The summed E-state index contributed by atoms with van der Waals surface area (Å²) in [5.41, 5.74) is 0.889. The first-order valence-corrected chi connectivity index (χ1v) is 6.63. The van der Waals surface area contributed by atoms with Crippen LogP contribution in [0.25, 0.3) is 6.08 Å². The number of benzene rings is 1. The number of nitrogens with zero attached hydrogens (tertiary/aromatic N) is 1. The molecule has 20 heavy (non-hydrogen) atoms. The topological polar surface area (TPSA) is 49.8 Å². The van der Waals surface area contributed by atoms with Crippen molar-refractivity contribution in [1.29, 1.82) is 0 Å². The highest BCUT2D eigenvalue weighted by Gasteiger charge is 2.03. The first-order chi connectivity index (χ1) is 9.62. The average molecular weight is 275 g/mol. The lowest BCUT2D eigenvalue weighted by Gasteiger charge is -2.15. The summed E-state index contributed by atoms with van der Waals surface area (Å²) in [6.07, 6.45) is 6.88. The minimum absolute atomic E-state index is 0.00272. The van der Waals surface area contributed by atoms with Crippen molar-refractivity contribution in [2.45, 2.75) is 13.8 Å². The smallest absolute Gasteiger partial charge is 0.246 e. The van der Waals surface area contributed by atoms with Gasteiger partial charge in [0, 0.05) is 19.2 Å². The highest BCUT2D eigenvalue weighted by Crippen LogP contribution is 2.26. The number of hydrogen-bond acceptors (Lipinski definition) is 3. The second kappa shape index (κ2) is 8.04. The van der Waals surface area contributed by atoms with Crippen molar-refractivity contribution < 1.29 is 14.6 Å². The van der Waals surface area contributed by atoms with Crippen LogP contribution in [0.4, 0.5) is 0 Å². The van der Waals surface area contributed by atoms with Crippen LogP contribution in [0.1, 0.15) is 19.4 Å². The zero-order valence-electron chi connectivity index (χ0n) is 12.2. The number of rotatable bonds is 6. The van der Waals surface area contributed by atoms with Crippen LogP contribution in [-0.4, -0.2) is 36.1 Å². The fraction of sp³-hybridized carbons (Fsp3) is 0.312. The Hall–Kier alpha value is -2.23. The number of phenols is 1. The third kappa shape index (κ3) is 4.46. The molecule has 0 saturated carbocycles. The molecule has 0 spiro atoms. The van der Waals surface area contributed by atoms with Crippen molar-refractivity contribution in [3.8, 4) is 11.5 Å². The van der Waals surface area contributed by atoms with Crippen LogP contribution in [0.5, 0.6) is 11.5 Å². The zero-order valence-corrected chi connectivity index (χ0v) is 12.2. The summed E-state index contributed by atoms with van der Waals surface area (Å²) in [5.74, 6) is 0.537. The summed E-state index contributed by atoms with van der Waals surface area (Å²) in [5, 5.41) is 9.48. The fourth-order valence-corrected chi connectivity index (χ4v) is 1.74. The minimum Gasteiger partial charge on any atom is -0.504 e. The van der Waals surface area contributed by atoms with Crippen molar-refractivity contribution in [3.05, 3.63) is 42.0 Å².